The zero-order valence-electron chi connectivity index (χ0n) is 19.9. The molecule has 0 aliphatic rings. The van der Waals surface area contributed by atoms with Crippen LogP contribution in [0.25, 0.3) is 11.0 Å². The molecular weight excluding hydrogens is 444 g/mol. The minimum Gasteiger partial charge on any atom is -0.494 e. The van der Waals surface area contributed by atoms with Crippen molar-refractivity contribution in [2.75, 3.05) is 11.9 Å². The van der Waals surface area contributed by atoms with Crippen LogP contribution in [0.3, 0.4) is 0 Å². The third-order valence-electron chi connectivity index (χ3n) is 5.30. The fraction of sp³-hybridized carbons (Fsp3) is 0.222. The molecule has 2 amide bonds. The Morgan fingerprint density at radius 3 is 2.23 bits per heavy atom. The van der Waals surface area contributed by atoms with Crippen molar-refractivity contribution >= 4 is 28.5 Å². The largest absolute Gasteiger partial charge is 0.494 e. The Kier molecular flexibility index (Phi) is 7.30. The summed E-state index contributed by atoms with van der Waals surface area (Å²) >= 11 is 0. The Morgan fingerprint density at radius 2 is 1.57 bits per heavy atom. The van der Waals surface area contributed by atoms with Crippen LogP contribution in [0.15, 0.2) is 72.8 Å². The molecule has 180 valence electrons. The van der Waals surface area contributed by atoms with Crippen molar-refractivity contribution in [2.24, 2.45) is 0 Å². The van der Waals surface area contributed by atoms with Gasteiger partial charge < -0.3 is 24.7 Å². The number of carbonyl (C=O) groups is 2. The highest BCUT2D eigenvalue weighted by Crippen LogP contribution is 2.25. The molecule has 1 heterocycles. The number of amides is 2. The summed E-state index contributed by atoms with van der Waals surface area (Å²) in [6.07, 6.45) is 0. The van der Waals surface area contributed by atoms with Gasteiger partial charge in [0.25, 0.3) is 0 Å². The smallest absolute Gasteiger partial charge is 0.244 e. The first-order chi connectivity index (χ1) is 16.9. The summed E-state index contributed by atoms with van der Waals surface area (Å²) < 4.78 is 13.1. The van der Waals surface area contributed by atoms with E-state index in [-0.39, 0.29) is 24.4 Å². The molecule has 0 radical (unpaired) electrons. The summed E-state index contributed by atoms with van der Waals surface area (Å²) in [7, 11) is 0. The van der Waals surface area contributed by atoms with Gasteiger partial charge in [-0.2, -0.15) is 0 Å². The Bertz CT molecular complexity index is 1310. The summed E-state index contributed by atoms with van der Waals surface area (Å²) in [5.74, 6) is 2.39. The van der Waals surface area contributed by atoms with Crippen LogP contribution >= 0.6 is 0 Å². The number of hydrogen-bond donors (Lipinski definition) is 2. The Hall–Kier alpha value is -4.33. The van der Waals surface area contributed by atoms with Gasteiger partial charge in [-0.25, -0.2) is 4.98 Å². The van der Waals surface area contributed by atoms with E-state index in [0.29, 0.717) is 29.6 Å². The quantitative estimate of drug-likeness (QED) is 0.355. The second-order valence-electron chi connectivity index (χ2n) is 8.05. The average molecular weight is 473 g/mol. The number of anilines is 1. The van der Waals surface area contributed by atoms with Gasteiger partial charge in [0.1, 0.15) is 29.6 Å². The number of aromatic nitrogens is 2. The zero-order valence-corrected chi connectivity index (χ0v) is 19.9. The first kappa shape index (κ1) is 23.8. The molecule has 3 aromatic carbocycles. The van der Waals surface area contributed by atoms with Crippen LogP contribution in [0.4, 0.5) is 5.69 Å². The molecule has 0 spiro atoms. The Morgan fingerprint density at radius 1 is 0.943 bits per heavy atom. The molecular formula is C27H28N4O4. The highest BCUT2D eigenvalue weighted by molar-refractivity contribution is 5.91. The van der Waals surface area contributed by atoms with Gasteiger partial charge >= 0.3 is 0 Å². The minimum absolute atomic E-state index is 0.0597. The van der Waals surface area contributed by atoms with E-state index in [1.807, 2.05) is 66.9 Å². The molecule has 1 aromatic heterocycles. The van der Waals surface area contributed by atoms with Crippen LogP contribution in [0.5, 0.6) is 17.2 Å². The number of nitrogens with zero attached hydrogens (tertiary/aromatic N) is 2. The van der Waals surface area contributed by atoms with Gasteiger partial charge in [0.15, 0.2) is 0 Å². The summed E-state index contributed by atoms with van der Waals surface area (Å²) in [6, 6.07) is 21.8. The monoisotopic (exact) mass is 472 g/mol. The van der Waals surface area contributed by atoms with Crippen LogP contribution in [-0.4, -0.2) is 28.0 Å². The molecule has 0 aliphatic carbocycles. The van der Waals surface area contributed by atoms with Crippen LogP contribution in [0.1, 0.15) is 32.6 Å². The number of benzene rings is 3. The van der Waals surface area contributed by atoms with Crippen molar-refractivity contribution in [3.05, 3.63) is 78.6 Å². The molecule has 0 saturated carbocycles. The standard InChI is InChI=1S/C27H28N4O4/c1-4-34-21-13-15-23(16-14-21)35-22-11-9-20(10-12-22)29-26(33)17-31-25-8-6-5-7-24(25)30-27(31)18(2)28-19(3)32/h5-16,18H,4,17H2,1-3H3,(H,28,32)(H,29,33)/t18-/m1/s1. The number of nitrogens with one attached hydrogen (secondary N) is 2. The lowest BCUT2D eigenvalue weighted by Gasteiger charge is -2.15. The maximum Gasteiger partial charge on any atom is 0.244 e. The molecule has 8 nitrogen and oxygen atoms in total. The number of rotatable bonds is 9. The third-order valence-corrected chi connectivity index (χ3v) is 5.30. The second kappa shape index (κ2) is 10.7. The lowest BCUT2D eigenvalue weighted by atomic mass is 10.2. The van der Waals surface area contributed by atoms with E-state index in [2.05, 4.69) is 15.6 Å². The first-order valence-corrected chi connectivity index (χ1v) is 11.5. The molecule has 35 heavy (non-hydrogen) atoms. The van der Waals surface area contributed by atoms with Crippen LogP contribution in [0, 0.1) is 0 Å². The molecule has 0 bridgehead atoms. The van der Waals surface area contributed by atoms with Gasteiger partial charge in [0.2, 0.25) is 11.8 Å². The van der Waals surface area contributed by atoms with Gasteiger partial charge in [-0.15, -0.1) is 0 Å². The van der Waals surface area contributed by atoms with Crippen molar-refractivity contribution in [3.63, 3.8) is 0 Å². The van der Waals surface area contributed by atoms with Crippen molar-refractivity contribution in [1.82, 2.24) is 14.9 Å². The van der Waals surface area contributed by atoms with E-state index in [1.165, 1.54) is 6.92 Å². The first-order valence-electron chi connectivity index (χ1n) is 11.5. The molecule has 2 N–H and O–H groups in total. The van der Waals surface area contributed by atoms with E-state index in [1.54, 1.807) is 24.3 Å². The van der Waals surface area contributed by atoms with Crippen molar-refractivity contribution in [3.8, 4) is 17.2 Å². The van der Waals surface area contributed by atoms with Gasteiger partial charge in [0, 0.05) is 12.6 Å². The number of hydrogen-bond acceptors (Lipinski definition) is 5. The lowest BCUT2D eigenvalue weighted by Crippen LogP contribution is -2.28. The topological polar surface area (TPSA) is 94.5 Å². The van der Waals surface area contributed by atoms with Crippen molar-refractivity contribution < 1.29 is 19.1 Å². The maximum atomic E-state index is 12.9. The molecule has 4 rings (SSSR count). The molecule has 0 fully saturated rings. The van der Waals surface area contributed by atoms with Gasteiger partial charge in [-0.1, -0.05) is 12.1 Å². The van der Waals surface area contributed by atoms with E-state index < -0.39 is 0 Å². The van der Waals surface area contributed by atoms with E-state index in [0.717, 1.165) is 16.8 Å². The number of para-hydroxylation sites is 2. The third kappa shape index (κ3) is 5.97. The molecule has 0 aliphatic heterocycles. The number of imidazole rings is 1. The number of ether oxygens (including phenoxy) is 2. The SMILES string of the molecule is CCOc1ccc(Oc2ccc(NC(=O)Cn3c([C@@H](C)NC(C)=O)nc4ccccc43)cc2)cc1. The maximum absolute atomic E-state index is 12.9. The normalized spacial score (nSPS) is 11.6. The number of carbonyl (C=O) groups excluding carboxylic acids is 2. The van der Waals surface area contributed by atoms with Crippen LogP contribution in [0.2, 0.25) is 0 Å². The predicted molar refractivity (Wildman–Crippen MR) is 135 cm³/mol. The van der Waals surface area contributed by atoms with E-state index >= 15 is 0 Å². The lowest BCUT2D eigenvalue weighted by molar-refractivity contribution is -0.119. The molecule has 4 aromatic rings. The van der Waals surface area contributed by atoms with E-state index in [4.69, 9.17) is 9.47 Å². The predicted octanol–water partition coefficient (Wildman–Crippen LogP) is 5.06. The summed E-state index contributed by atoms with van der Waals surface area (Å²) in [5, 5.41) is 5.76. The van der Waals surface area contributed by atoms with E-state index in [9.17, 15) is 9.59 Å². The summed E-state index contributed by atoms with van der Waals surface area (Å²) in [5.41, 5.74) is 2.24. The second-order valence-corrected chi connectivity index (χ2v) is 8.05. The summed E-state index contributed by atoms with van der Waals surface area (Å²) in [6.45, 7) is 5.91. The molecule has 8 heteroatoms. The van der Waals surface area contributed by atoms with Gasteiger partial charge in [0.05, 0.1) is 23.7 Å². The van der Waals surface area contributed by atoms with Crippen LogP contribution in [-0.2, 0) is 16.1 Å². The molecule has 0 saturated heterocycles. The average Bonchev–Trinajstić information content (AvgIpc) is 3.20. The summed E-state index contributed by atoms with van der Waals surface area (Å²) in [4.78, 5) is 29.1. The number of fused-ring (bicyclic) bond motifs is 1. The highest BCUT2D eigenvalue weighted by atomic mass is 16.5. The fourth-order valence-corrected chi connectivity index (χ4v) is 3.82. The van der Waals surface area contributed by atoms with Gasteiger partial charge in [-0.05, 0) is 74.5 Å². The minimum atomic E-state index is -0.341. The van der Waals surface area contributed by atoms with Crippen LogP contribution < -0.4 is 20.1 Å². The van der Waals surface area contributed by atoms with Gasteiger partial charge in [-0.3, -0.25) is 9.59 Å². The Balaban J connectivity index is 1.43. The fourth-order valence-electron chi connectivity index (χ4n) is 3.82. The Labute approximate surface area is 203 Å². The zero-order chi connectivity index (χ0) is 24.8. The van der Waals surface area contributed by atoms with Crippen molar-refractivity contribution in [2.45, 2.75) is 33.4 Å². The molecule has 1 atom stereocenters. The van der Waals surface area contributed by atoms with Crippen molar-refractivity contribution in [1.29, 1.82) is 0 Å². The molecule has 0 unspecified atom stereocenters. The highest BCUT2D eigenvalue weighted by Gasteiger charge is 2.19.